The SMILES string of the molecule is NC(=O)c1ccccc1OCC(=O)NC1CCCCC1O. The second-order valence-electron chi connectivity index (χ2n) is 5.17. The molecule has 0 aliphatic heterocycles. The monoisotopic (exact) mass is 292 g/mol. The molecule has 1 aromatic rings. The van der Waals surface area contributed by atoms with Crippen molar-refractivity contribution in [3.63, 3.8) is 0 Å². The van der Waals surface area contributed by atoms with E-state index < -0.39 is 12.0 Å². The van der Waals surface area contributed by atoms with Gasteiger partial charge in [-0.05, 0) is 25.0 Å². The largest absolute Gasteiger partial charge is 0.483 e. The molecule has 0 bridgehead atoms. The van der Waals surface area contributed by atoms with E-state index in [1.54, 1.807) is 24.3 Å². The van der Waals surface area contributed by atoms with Gasteiger partial charge < -0.3 is 20.9 Å². The predicted octanol–water partition coefficient (Wildman–Crippen LogP) is 0.584. The molecule has 1 fully saturated rings. The number of nitrogens with one attached hydrogen (secondary N) is 1. The number of ether oxygens (including phenoxy) is 1. The lowest BCUT2D eigenvalue weighted by Crippen LogP contribution is -2.46. The van der Waals surface area contributed by atoms with Crippen molar-refractivity contribution in [1.82, 2.24) is 5.32 Å². The summed E-state index contributed by atoms with van der Waals surface area (Å²) in [6, 6.07) is 6.28. The summed E-state index contributed by atoms with van der Waals surface area (Å²) in [7, 11) is 0. The number of para-hydroxylation sites is 1. The van der Waals surface area contributed by atoms with Crippen molar-refractivity contribution >= 4 is 11.8 Å². The van der Waals surface area contributed by atoms with Gasteiger partial charge in [0.2, 0.25) is 0 Å². The number of amides is 2. The molecule has 0 radical (unpaired) electrons. The first-order valence-electron chi connectivity index (χ1n) is 7.07. The van der Waals surface area contributed by atoms with Crippen molar-refractivity contribution in [3.05, 3.63) is 29.8 Å². The Bertz CT molecular complexity index is 518. The van der Waals surface area contributed by atoms with Crippen LogP contribution in [-0.2, 0) is 4.79 Å². The van der Waals surface area contributed by atoms with E-state index in [-0.39, 0.29) is 29.9 Å². The molecule has 2 atom stereocenters. The van der Waals surface area contributed by atoms with Gasteiger partial charge in [-0.25, -0.2) is 0 Å². The first-order chi connectivity index (χ1) is 10.1. The summed E-state index contributed by atoms with van der Waals surface area (Å²) in [5.74, 6) is -0.640. The van der Waals surface area contributed by atoms with Gasteiger partial charge in [-0.1, -0.05) is 25.0 Å². The van der Waals surface area contributed by atoms with Gasteiger partial charge >= 0.3 is 0 Å². The lowest BCUT2D eigenvalue weighted by atomic mass is 9.92. The first-order valence-corrected chi connectivity index (χ1v) is 7.07. The summed E-state index contributed by atoms with van der Waals surface area (Å²) in [5.41, 5.74) is 5.47. The van der Waals surface area contributed by atoms with E-state index in [4.69, 9.17) is 10.5 Å². The van der Waals surface area contributed by atoms with Gasteiger partial charge in [0.25, 0.3) is 11.8 Å². The third-order valence-corrected chi connectivity index (χ3v) is 3.59. The Morgan fingerprint density at radius 2 is 2.00 bits per heavy atom. The van der Waals surface area contributed by atoms with Crippen molar-refractivity contribution in [2.45, 2.75) is 37.8 Å². The number of rotatable bonds is 5. The minimum Gasteiger partial charge on any atom is -0.483 e. The van der Waals surface area contributed by atoms with Gasteiger partial charge in [0.05, 0.1) is 17.7 Å². The van der Waals surface area contributed by atoms with Crippen molar-refractivity contribution in [3.8, 4) is 5.75 Å². The van der Waals surface area contributed by atoms with Crippen molar-refractivity contribution < 1.29 is 19.4 Å². The quantitative estimate of drug-likeness (QED) is 0.739. The van der Waals surface area contributed by atoms with Gasteiger partial charge in [0.1, 0.15) is 5.75 Å². The first kappa shape index (κ1) is 15.3. The van der Waals surface area contributed by atoms with E-state index in [9.17, 15) is 14.7 Å². The zero-order chi connectivity index (χ0) is 15.2. The van der Waals surface area contributed by atoms with E-state index in [0.717, 1.165) is 19.3 Å². The minimum atomic E-state index is -0.603. The van der Waals surface area contributed by atoms with Crippen LogP contribution in [0.3, 0.4) is 0 Å². The third-order valence-electron chi connectivity index (χ3n) is 3.59. The lowest BCUT2D eigenvalue weighted by molar-refractivity contribution is -0.125. The van der Waals surface area contributed by atoms with Crippen LogP contribution in [0, 0.1) is 0 Å². The van der Waals surface area contributed by atoms with Crippen LogP contribution in [-0.4, -0.2) is 35.7 Å². The van der Waals surface area contributed by atoms with Crippen LogP contribution < -0.4 is 15.8 Å². The predicted molar refractivity (Wildman–Crippen MR) is 76.9 cm³/mol. The Kier molecular flexibility index (Phi) is 5.16. The van der Waals surface area contributed by atoms with Gasteiger partial charge in [-0.2, -0.15) is 0 Å². The molecule has 1 aliphatic rings. The smallest absolute Gasteiger partial charge is 0.258 e. The molecule has 21 heavy (non-hydrogen) atoms. The summed E-state index contributed by atoms with van der Waals surface area (Å²) in [5, 5.41) is 12.6. The normalized spacial score (nSPS) is 21.6. The molecule has 1 aliphatic carbocycles. The molecule has 0 aromatic heterocycles. The number of carbonyl (C=O) groups is 2. The van der Waals surface area contributed by atoms with Gasteiger partial charge in [-0.3, -0.25) is 9.59 Å². The van der Waals surface area contributed by atoms with Crippen LogP contribution in [0.4, 0.5) is 0 Å². The number of benzene rings is 1. The Morgan fingerprint density at radius 3 is 2.71 bits per heavy atom. The molecule has 0 spiro atoms. The van der Waals surface area contributed by atoms with Crippen LogP contribution in [0.2, 0.25) is 0 Å². The average Bonchev–Trinajstić information content (AvgIpc) is 2.48. The zero-order valence-electron chi connectivity index (χ0n) is 11.7. The van der Waals surface area contributed by atoms with Crippen molar-refractivity contribution in [2.75, 3.05) is 6.61 Å². The van der Waals surface area contributed by atoms with Gasteiger partial charge in [-0.15, -0.1) is 0 Å². The highest BCUT2D eigenvalue weighted by Crippen LogP contribution is 2.19. The molecular formula is C15H20N2O4. The Labute approximate surface area is 123 Å². The number of hydrogen-bond donors (Lipinski definition) is 3. The van der Waals surface area contributed by atoms with E-state index in [0.29, 0.717) is 6.42 Å². The molecule has 114 valence electrons. The van der Waals surface area contributed by atoms with Crippen LogP contribution in [0.5, 0.6) is 5.75 Å². The molecule has 0 saturated heterocycles. The number of carbonyl (C=O) groups excluding carboxylic acids is 2. The minimum absolute atomic E-state index is 0.215. The van der Waals surface area contributed by atoms with Crippen molar-refractivity contribution in [1.29, 1.82) is 0 Å². The number of nitrogens with two attached hydrogens (primary N) is 1. The van der Waals surface area contributed by atoms with E-state index in [1.165, 1.54) is 0 Å². The Morgan fingerprint density at radius 1 is 1.29 bits per heavy atom. The lowest BCUT2D eigenvalue weighted by Gasteiger charge is -2.28. The number of aliphatic hydroxyl groups is 1. The fourth-order valence-electron chi connectivity index (χ4n) is 2.47. The molecule has 6 heteroatoms. The Balaban J connectivity index is 1.88. The molecule has 4 N–H and O–H groups in total. The molecule has 6 nitrogen and oxygen atoms in total. The highest BCUT2D eigenvalue weighted by atomic mass is 16.5. The molecule has 2 rings (SSSR count). The maximum Gasteiger partial charge on any atom is 0.258 e. The summed E-state index contributed by atoms with van der Waals surface area (Å²) >= 11 is 0. The topological polar surface area (TPSA) is 102 Å². The molecule has 2 unspecified atom stereocenters. The fraction of sp³-hybridized carbons (Fsp3) is 0.467. The molecule has 1 saturated carbocycles. The summed E-state index contributed by atoms with van der Waals surface area (Å²) < 4.78 is 5.34. The maximum atomic E-state index is 11.8. The molecule has 2 amide bonds. The number of aliphatic hydroxyl groups excluding tert-OH is 1. The number of hydrogen-bond acceptors (Lipinski definition) is 4. The average molecular weight is 292 g/mol. The summed E-state index contributed by atoms with van der Waals surface area (Å²) in [6.45, 7) is -0.215. The van der Waals surface area contributed by atoms with Crippen LogP contribution >= 0.6 is 0 Å². The standard InChI is InChI=1S/C15H20N2O4/c16-15(20)10-5-1-4-8-13(10)21-9-14(19)17-11-6-2-3-7-12(11)18/h1,4-5,8,11-12,18H,2-3,6-7,9H2,(H2,16,20)(H,17,19). The second-order valence-corrected chi connectivity index (χ2v) is 5.17. The summed E-state index contributed by atoms with van der Waals surface area (Å²) in [4.78, 5) is 23.1. The zero-order valence-corrected chi connectivity index (χ0v) is 11.7. The van der Waals surface area contributed by atoms with E-state index in [1.807, 2.05) is 0 Å². The van der Waals surface area contributed by atoms with Crippen molar-refractivity contribution in [2.24, 2.45) is 5.73 Å². The van der Waals surface area contributed by atoms with Crippen LogP contribution in [0.1, 0.15) is 36.0 Å². The highest BCUT2D eigenvalue weighted by Gasteiger charge is 2.24. The molecular weight excluding hydrogens is 272 g/mol. The van der Waals surface area contributed by atoms with Gasteiger partial charge in [0, 0.05) is 0 Å². The second kappa shape index (κ2) is 7.08. The van der Waals surface area contributed by atoms with E-state index >= 15 is 0 Å². The third kappa shape index (κ3) is 4.19. The summed E-state index contributed by atoms with van der Waals surface area (Å²) in [6.07, 6.45) is 2.95. The van der Waals surface area contributed by atoms with Gasteiger partial charge in [0.15, 0.2) is 6.61 Å². The molecule has 0 heterocycles. The van der Waals surface area contributed by atoms with E-state index in [2.05, 4.69) is 5.32 Å². The number of primary amides is 1. The fourth-order valence-corrected chi connectivity index (χ4v) is 2.47. The van der Waals surface area contributed by atoms with Crippen LogP contribution in [0.25, 0.3) is 0 Å². The molecule has 1 aromatic carbocycles. The van der Waals surface area contributed by atoms with Crippen LogP contribution in [0.15, 0.2) is 24.3 Å². The maximum absolute atomic E-state index is 11.8. The highest BCUT2D eigenvalue weighted by molar-refractivity contribution is 5.95. The Hall–Kier alpha value is -2.08.